The van der Waals surface area contributed by atoms with Crippen LogP contribution in [0, 0.1) is 0 Å². The van der Waals surface area contributed by atoms with E-state index >= 15 is 0 Å². The number of hydrogen-bond donors (Lipinski definition) is 0. The van der Waals surface area contributed by atoms with Gasteiger partial charge in [-0.25, -0.2) is 4.98 Å². The molecule has 3 aromatic rings. The number of aryl methyl sites for hydroxylation is 1. The fourth-order valence-electron chi connectivity index (χ4n) is 3.19. The van der Waals surface area contributed by atoms with E-state index in [0.717, 1.165) is 22.4 Å². The Bertz CT molecular complexity index is 1000. The lowest BCUT2D eigenvalue weighted by Crippen LogP contribution is -2.30. The predicted octanol–water partition coefficient (Wildman–Crippen LogP) is 3.87. The van der Waals surface area contributed by atoms with Crippen molar-refractivity contribution >= 4 is 16.9 Å². The molecular weight excluding hydrogens is 380 g/mol. The van der Waals surface area contributed by atoms with Crippen LogP contribution in [0.15, 0.2) is 42.5 Å². The molecule has 1 aromatic heterocycles. The predicted molar refractivity (Wildman–Crippen MR) is 105 cm³/mol. The maximum Gasteiger partial charge on any atom is 0.387 e. The van der Waals surface area contributed by atoms with E-state index in [9.17, 15) is 13.6 Å². The first kappa shape index (κ1) is 20.6. The van der Waals surface area contributed by atoms with Gasteiger partial charge in [0.25, 0.3) is 0 Å². The molecule has 6 nitrogen and oxygen atoms in total. The number of hydrogen-bond acceptors (Lipinski definition) is 4. The van der Waals surface area contributed by atoms with Gasteiger partial charge in [0.1, 0.15) is 12.4 Å². The van der Waals surface area contributed by atoms with E-state index in [2.05, 4.69) is 9.72 Å². The van der Waals surface area contributed by atoms with Gasteiger partial charge in [-0.15, -0.1) is 0 Å². The lowest BCUT2D eigenvalue weighted by Gasteiger charge is -2.19. The van der Waals surface area contributed by atoms with Crippen LogP contribution in [0.2, 0.25) is 0 Å². The van der Waals surface area contributed by atoms with Crippen molar-refractivity contribution in [2.24, 2.45) is 0 Å². The third-order valence-electron chi connectivity index (χ3n) is 4.63. The number of benzene rings is 2. The number of ether oxygens (including phenoxy) is 2. The van der Waals surface area contributed by atoms with E-state index < -0.39 is 6.61 Å². The zero-order valence-electron chi connectivity index (χ0n) is 16.6. The molecule has 0 aliphatic rings. The quantitative estimate of drug-likeness (QED) is 0.573. The van der Waals surface area contributed by atoms with Crippen molar-refractivity contribution < 1.29 is 23.0 Å². The van der Waals surface area contributed by atoms with Gasteiger partial charge in [0.2, 0.25) is 5.91 Å². The zero-order valence-corrected chi connectivity index (χ0v) is 16.6. The number of methoxy groups -OCH3 is 1. The van der Waals surface area contributed by atoms with Gasteiger partial charge in [-0.05, 0) is 29.8 Å². The molecule has 29 heavy (non-hydrogen) atoms. The Labute approximate surface area is 167 Å². The molecule has 0 aliphatic heterocycles. The second-order valence-corrected chi connectivity index (χ2v) is 6.57. The van der Waals surface area contributed by atoms with Crippen molar-refractivity contribution in [3.63, 3.8) is 0 Å². The lowest BCUT2D eigenvalue weighted by atomic mass is 10.2. The van der Waals surface area contributed by atoms with Gasteiger partial charge in [0, 0.05) is 20.0 Å². The molecule has 0 aliphatic carbocycles. The maximum atomic E-state index is 12.8. The van der Waals surface area contributed by atoms with Crippen LogP contribution >= 0.6 is 0 Å². The number of aromatic nitrogens is 2. The standard InChI is InChI=1S/C21H23F2N3O3/c1-4-19-24-15-7-5-6-8-16(15)26(19)13-20(27)25(2)12-14-9-10-17(29-21(22)23)18(11-14)28-3/h5-11,21H,4,12-13H2,1-3H3. The van der Waals surface area contributed by atoms with Crippen molar-refractivity contribution in [1.29, 1.82) is 0 Å². The van der Waals surface area contributed by atoms with E-state index in [0.29, 0.717) is 13.0 Å². The van der Waals surface area contributed by atoms with Gasteiger partial charge >= 0.3 is 6.61 Å². The number of imidazole rings is 1. The third-order valence-corrected chi connectivity index (χ3v) is 4.63. The molecule has 0 atom stereocenters. The van der Waals surface area contributed by atoms with Crippen LogP contribution in [0.4, 0.5) is 8.78 Å². The Morgan fingerprint density at radius 2 is 1.97 bits per heavy atom. The SMILES string of the molecule is CCc1nc2ccccc2n1CC(=O)N(C)Cc1ccc(OC(F)F)c(OC)c1. The van der Waals surface area contributed by atoms with Gasteiger partial charge in [-0.1, -0.05) is 25.1 Å². The second kappa shape index (κ2) is 8.89. The molecule has 0 saturated carbocycles. The van der Waals surface area contributed by atoms with Crippen LogP contribution in [0.25, 0.3) is 11.0 Å². The number of nitrogens with zero attached hydrogens (tertiary/aromatic N) is 3. The Kier molecular flexibility index (Phi) is 6.31. The number of halogens is 2. The highest BCUT2D eigenvalue weighted by atomic mass is 19.3. The molecule has 2 aromatic carbocycles. The van der Waals surface area contributed by atoms with Crippen molar-refractivity contribution in [2.75, 3.05) is 14.2 Å². The summed E-state index contributed by atoms with van der Waals surface area (Å²) in [5.74, 6) is 0.910. The highest BCUT2D eigenvalue weighted by Crippen LogP contribution is 2.30. The van der Waals surface area contributed by atoms with E-state index in [1.54, 1.807) is 24.1 Å². The molecule has 1 amide bonds. The summed E-state index contributed by atoms with van der Waals surface area (Å²) in [6.45, 7) is -0.458. The molecule has 0 radical (unpaired) electrons. The maximum absolute atomic E-state index is 12.8. The number of amides is 1. The first-order valence-electron chi connectivity index (χ1n) is 9.22. The zero-order chi connectivity index (χ0) is 21.0. The largest absolute Gasteiger partial charge is 0.493 e. The summed E-state index contributed by atoms with van der Waals surface area (Å²) in [7, 11) is 3.08. The van der Waals surface area contributed by atoms with Gasteiger partial charge in [0.15, 0.2) is 11.5 Å². The third kappa shape index (κ3) is 4.64. The van der Waals surface area contributed by atoms with Crippen LogP contribution in [0.1, 0.15) is 18.3 Å². The molecule has 154 valence electrons. The van der Waals surface area contributed by atoms with Gasteiger partial charge in [-0.2, -0.15) is 8.78 Å². The summed E-state index contributed by atoms with van der Waals surface area (Å²) in [6.07, 6.45) is 0.717. The van der Waals surface area contributed by atoms with Crippen molar-refractivity contribution in [3.8, 4) is 11.5 Å². The Morgan fingerprint density at radius 3 is 2.66 bits per heavy atom. The smallest absolute Gasteiger partial charge is 0.387 e. The first-order chi connectivity index (χ1) is 13.9. The Morgan fingerprint density at radius 1 is 1.21 bits per heavy atom. The van der Waals surface area contributed by atoms with Crippen molar-refractivity contribution in [2.45, 2.75) is 33.0 Å². The van der Waals surface area contributed by atoms with Gasteiger partial charge in [-0.3, -0.25) is 4.79 Å². The monoisotopic (exact) mass is 403 g/mol. The molecule has 8 heteroatoms. The number of rotatable bonds is 8. The molecule has 3 rings (SSSR count). The summed E-state index contributed by atoms with van der Waals surface area (Å²) in [5.41, 5.74) is 2.52. The number of para-hydroxylation sites is 2. The molecule has 0 N–H and O–H groups in total. The topological polar surface area (TPSA) is 56.6 Å². The Balaban J connectivity index is 1.75. The number of carbonyl (C=O) groups excluding carboxylic acids is 1. The van der Waals surface area contributed by atoms with Crippen LogP contribution in [-0.4, -0.2) is 41.1 Å². The minimum atomic E-state index is -2.93. The molecule has 0 fully saturated rings. The molecule has 0 spiro atoms. The second-order valence-electron chi connectivity index (χ2n) is 6.57. The number of carbonyl (C=O) groups is 1. The average molecular weight is 403 g/mol. The Hall–Kier alpha value is -3.16. The minimum absolute atomic E-state index is 0.0438. The van der Waals surface area contributed by atoms with E-state index in [1.165, 1.54) is 13.2 Å². The summed E-state index contributed by atoms with van der Waals surface area (Å²) in [6, 6.07) is 12.3. The van der Waals surface area contributed by atoms with Crippen LogP contribution in [0.5, 0.6) is 11.5 Å². The first-order valence-corrected chi connectivity index (χ1v) is 9.22. The van der Waals surface area contributed by atoms with E-state index in [1.807, 2.05) is 35.8 Å². The van der Waals surface area contributed by atoms with Crippen LogP contribution in [0.3, 0.4) is 0 Å². The molecule has 0 saturated heterocycles. The van der Waals surface area contributed by atoms with E-state index in [-0.39, 0.29) is 24.0 Å². The highest BCUT2D eigenvalue weighted by molar-refractivity contribution is 5.81. The number of alkyl halides is 2. The summed E-state index contributed by atoms with van der Waals surface area (Å²) in [4.78, 5) is 19.0. The molecule has 0 bridgehead atoms. The normalized spacial score (nSPS) is 11.1. The highest BCUT2D eigenvalue weighted by Gasteiger charge is 2.17. The number of likely N-dealkylation sites (N-methyl/N-ethyl adjacent to an activating group) is 1. The fourth-order valence-corrected chi connectivity index (χ4v) is 3.19. The van der Waals surface area contributed by atoms with Crippen molar-refractivity contribution in [1.82, 2.24) is 14.5 Å². The summed E-state index contributed by atoms with van der Waals surface area (Å²) in [5, 5.41) is 0. The summed E-state index contributed by atoms with van der Waals surface area (Å²) >= 11 is 0. The average Bonchev–Trinajstić information content (AvgIpc) is 3.06. The number of fused-ring (bicyclic) bond motifs is 1. The van der Waals surface area contributed by atoms with Crippen LogP contribution < -0.4 is 9.47 Å². The molecule has 1 heterocycles. The molecular formula is C21H23F2N3O3. The minimum Gasteiger partial charge on any atom is -0.493 e. The summed E-state index contributed by atoms with van der Waals surface area (Å²) < 4.78 is 36.4. The van der Waals surface area contributed by atoms with Gasteiger partial charge < -0.3 is 18.9 Å². The van der Waals surface area contributed by atoms with Gasteiger partial charge in [0.05, 0.1) is 18.1 Å². The van der Waals surface area contributed by atoms with Crippen molar-refractivity contribution in [3.05, 3.63) is 53.9 Å². The lowest BCUT2D eigenvalue weighted by molar-refractivity contribution is -0.131. The molecule has 0 unspecified atom stereocenters. The fraction of sp³-hybridized carbons (Fsp3) is 0.333. The van der Waals surface area contributed by atoms with Crippen LogP contribution in [-0.2, 0) is 24.3 Å². The van der Waals surface area contributed by atoms with E-state index in [4.69, 9.17) is 4.74 Å².